The topological polar surface area (TPSA) is 76.1 Å². The molecule has 0 atom stereocenters. The van der Waals surface area contributed by atoms with E-state index >= 15 is 0 Å². The fourth-order valence-electron chi connectivity index (χ4n) is 3.03. The molecule has 0 saturated carbocycles. The van der Waals surface area contributed by atoms with E-state index in [4.69, 9.17) is 16.3 Å². The number of carbonyl (C=O) groups is 1. The van der Waals surface area contributed by atoms with Crippen molar-refractivity contribution in [3.05, 3.63) is 89.2 Å². The Balaban J connectivity index is 1.44. The summed E-state index contributed by atoms with van der Waals surface area (Å²) in [6.45, 7) is 0.400. The van der Waals surface area contributed by atoms with Crippen LogP contribution in [0.3, 0.4) is 0 Å². The Bertz CT molecular complexity index is 1200. The Hall–Kier alpha value is -3.64. The molecule has 0 unspecified atom stereocenters. The maximum atomic E-state index is 12.4. The maximum absolute atomic E-state index is 12.4. The van der Waals surface area contributed by atoms with E-state index in [1.165, 1.54) is 6.20 Å². The van der Waals surface area contributed by atoms with Gasteiger partial charge in [0.15, 0.2) is 0 Å². The molecule has 2 aromatic carbocycles. The third-order valence-corrected chi connectivity index (χ3v) is 4.82. The van der Waals surface area contributed by atoms with Gasteiger partial charge in [0.05, 0.1) is 12.7 Å². The highest BCUT2D eigenvalue weighted by Gasteiger charge is 2.08. The van der Waals surface area contributed by atoms with Gasteiger partial charge in [0.1, 0.15) is 17.4 Å². The summed E-state index contributed by atoms with van der Waals surface area (Å²) in [6.07, 6.45) is 3.25. The summed E-state index contributed by atoms with van der Waals surface area (Å²) in [5.74, 6) is 1.78. The largest absolute Gasteiger partial charge is 0.497 e. The van der Waals surface area contributed by atoms with Crippen molar-refractivity contribution in [3.8, 4) is 5.75 Å². The number of nitrogens with one attached hydrogen (secondary N) is 2. The molecule has 0 aliphatic heterocycles. The SMILES string of the molecule is COc1cccc(CNC(=O)c2ccc(Nc3nccc4ccc(Cl)cc34)nc2)c1. The summed E-state index contributed by atoms with van der Waals surface area (Å²) in [4.78, 5) is 21.1. The molecular formula is C23H19ClN4O2. The van der Waals surface area contributed by atoms with Crippen LogP contribution in [0.5, 0.6) is 5.75 Å². The lowest BCUT2D eigenvalue weighted by Crippen LogP contribution is -2.22. The third kappa shape index (κ3) is 4.50. The Morgan fingerprint density at radius 1 is 1.07 bits per heavy atom. The normalized spacial score (nSPS) is 10.6. The van der Waals surface area contributed by atoms with Crippen molar-refractivity contribution in [1.82, 2.24) is 15.3 Å². The van der Waals surface area contributed by atoms with E-state index in [0.29, 0.717) is 28.8 Å². The second-order valence-corrected chi connectivity index (χ2v) is 7.05. The number of amides is 1. The van der Waals surface area contributed by atoms with E-state index in [0.717, 1.165) is 22.1 Å². The van der Waals surface area contributed by atoms with Gasteiger partial charge in [-0.05, 0) is 53.4 Å². The van der Waals surface area contributed by atoms with Crippen LogP contribution in [0.4, 0.5) is 11.6 Å². The number of pyridine rings is 2. The van der Waals surface area contributed by atoms with Crippen LogP contribution < -0.4 is 15.4 Å². The van der Waals surface area contributed by atoms with Crippen LogP contribution in [-0.2, 0) is 6.54 Å². The number of hydrogen-bond acceptors (Lipinski definition) is 5. The summed E-state index contributed by atoms with van der Waals surface area (Å²) in [6, 6.07) is 18.6. The van der Waals surface area contributed by atoms with Crippen LogP contribution in [0.25, 0.3) is 10.8 Å². The molecular weight excluding hydrogens is 400 g/mol. The first-order valence-electron chi connectivity index (χ1n) is 9.31. The highest BCUT2D eigenvalue weighted by molar-refractivity contribution is 6.31. The minimum Gasteiger partial charge on any atom is -0.497 e. The predicted octanol–water partition coefficient (Wildman–Crippen LogP) is 4.97. The summed E-state index contributed by atoms with van der Waals surface area (Å²) >= 11 is 6.12. The molecule has 7 heteroatoms. The second kappa shape index (κ2) is 8.80. The average molecular weight is 419 g/mol. The molecule has 0 radical (unpaired) electrons. The van der Waals surface area contributed by atoms with Gasteiger partial charge in [-0.1, -0.05) is 29.8 Å². The lowest BCUT2D eigenvalue weighted by atomic mass is 10.1. The van der Waals surface area contributed by atoms with Gasteiger partial charge >= 0.3 is 0 Å². The summed E-state index contributed by atoms with van der Waals surface area (Å²) in [5, 5.41) is 8.62. The molecule has 0 saturated heterocycles. The Kier molecular flexibility index (Phi) is 5.77. The van der Waals surface area contributed by atoms with E-state index in [2.05, 4.69) is 20.6 Å². The number of hydrogen-bond donors (Lipinski definition) is 2. The first-order chi connectivity index (χ1) is 14.6. The molecule has 0 fully saturated rings. The van der Waals surface area contributed by atoms with E-state index < -0.39 is 0 Å². The minimum absolute atomic E-state index is 0.202. The number of fused-ring (bicyclic) bond motifs is 1. The van der Waals surface area contributed by atoms with Gasteiger partial charge in [0.25, 0.3) is 5.91 Å². The van der Waals surface area contributed by atoms with Gasteiger partial charge in [0.2, 0.25) is 0 Å². The van der Waals surface area contributed by atoms with Crippen molar-refractivity contribution in [2.24, 2.45) is 0 Å². The number of rotatable bonds is 6. The van der Waals surface area contributed by atoms with Crippen molar-refractivity contribution in [1.29, 1.82) is 0 Å². The van der Waals surface area contributed by atoms with Gasteiger partial charge in [-0.2, -0.15) is 0 Å². The highest BCUT2D eigenvalue weighted by atomic mass is 35.5. The van der Waals surface area contributed by atoms with Crippen LogP contribution in [0.2, 0.25) is 5.02 Å². The third-order valence-electron chi connectivity index (χ3n) is 4.59. The van der Waals surface area contributed by atoms with Crippen molar-refractivity contribution < 1.29 is 9.53 Å². The molecule has 2 aromatic heterocycles. The fraction of sp³-hybridized carbons (Fsp3) is 0.0870. The standard InChI is InChI=1S/C23H19ClN4O2/c1-30-19-4-2-3-15(11-19)13-27-23(29)17-6-8-21(26-14-17)28-22-20-12-18(24)7-5-16(20)9-10-25-22/h2-12,14H,13H2,1H3,(H,27,29)(H,25,26,28). The summed E-state index contributed by atoms with van der Waals surface area (Å²) < 4.78 is 5.20. The Morgan fingerprint density at radius 2 is 1.97 bits per heavy atom. The lowest BCUT2D eigenvalue weighted by Gasteiger charge is -2.10. The maximum Gasteiger partial charge on any atom is 0.253 e. The number of anilines is 2. The smallest absolute Gasteiger partial charge is 0.253 e. The van der Waals surface area contributed by atoms with Gasteiger partial charge in [0, 0.05) is 29.3 Å². The minimum atomic E-state index is -0.202. The summed E-state index contributed by atoms with van der Waals surface area (Å²) in [7, 11) is 1.61. The van der Waals surface area contributed by atoms with E-state index in [1.54, 1.807) is 25.4 Å². The molecule has 6 nitrogen and oxygen atoms in total. The highest BCUT2D eigenvalue weighted by Crippen LogP contribution is 2.26. The zero-order valence-corrected chi connectivity index (χ0v) is 17.0. The zero-order chi connectivity index (χ0) is 20.9. The molecule has 4 rings (SSSR count). The molecule has 30 heavy (non-hydrogen) atoms. The molecule has 0 spiro atoms. The lowest BCUT2D eigenvalue weighted by molar-refractivity contribution is 0.0950. The fourth-order valence-corrected chi connectivity index (χ4v) is 3.20. The number of carbonyl (C=O) groups excluding carboxylic acids is 1. The number of benzene rings is 2. The predicted molar refractivity (Wildman–Crippen MR) is 118 cm³/mol. The monoisotopic (exact) mass is 418 g/mol. The molecule has 2 heterocycles. The number of halogens is 1. The molecule has 0 aliphatic rings. The van der Waals surface area contributed by atoms with Gasteiger partial charge < -0.3 is 15.4 Å². The van der Waals surface area contributed by atoms with Crippen LogP contribution in [-0.4, -0.2) is 23.0 Å². The summed E-state index contributed by atoms with van der Waals surface area (Å²) in [5.41, 5.74) is 1.42. The molecule has 150 valence electrons. The van der Waals surface area contributed by atoms with Crippen LogP contribution in [0.1, 0.15) is 15.9 Å². The molecule has 2 N–H and O–H groups in total. The van der Waals surface area contributed by atoms with Crippen LogP contribution in [0, 0.1) is 0 Å². The first kappa shape index (κ1) is 19.7. The zero-order valence-electron chi connectivity index (χ0n) is 16.2. The Labute approximate surface area is 178 Å². The average Bonchev–Trinajstić information content (AvgIpc) is 2.78. The van der Waals surface area contributed by atoms with Gasteiger partial charge in [-0.15, -0.1) is 0 Å². The number of aromatic nitrogens is 2. The number of nitrogens with zero attached hydrogens (tertiary/aromatic N) is 2. The molecule has 4 aromatic rings. The molecule has 1 amide bonds. The van der Waals surface area contributed by atoms with Gasteiger partial charge in [-0.3, -0.25) is 4.79 Å². The van der Waals surface area contributed by atoms with E-state index in [-0.39, 0.29) is 5.91 Å². The van der Waals surface area contributed by atoms with E-state index in [9.17, 15) is 4.79 Å². The van der Waals surface area contributed by atoms with Crippen molar-refractivity contribution >= 4 is 39.9 Å². The second-order valence-electron chi connectivity index (χ2n) is 6.62. The van der Waals surface area contributed by atoms with Crippen LogP contribution >= 0.6 is 11.6 Å². The number of ether oxygens (including phenoxy) is 1. The molecule has 0 bridgehead atoms. The molecule has 0 aliphatic carbocycles. The van der Waals surface area contributed by atoms with Crippen LogP contribution in [0.15, 0.2) is 73.1 Å². The quantitative estimate of drug-likeness (QED) is 0.462. The van der Waals surface area contributed by atoms with Crippen molar-refractivity contribution in [3.63, 3.8) is 0 Å². The first-order valence-corrected chi connectivity index (χ1v) is 9.68. The van der Waals surface area contributed by atoms with Crippen molar-refractivity contribution in [2.75, 3.05) is 12.4 Å². The number of methoxy groups -OCH3 is 1. The van der Waals surface area contributed by atoms with E-state index in [1.807, 2.05) is 48.5 Å². The van der Waals surface area contributed by atoms with Crippen molar-refractivity contribution in [2.45, 2.75) is 6.54 Å². The Morgan fingerprint density at radius 3 is 2.77 bits per heavy atom. The van der Waals surface area contributed by atoms with Gasteiger partial charge in [-0.25, -0.2) is 9.97 Å².